The van der Waals surface area contributed by atoms with E-state index in [0.717, 1.165) is 19.3 Å². The Balaban J connectivity index is 4.36. The highest BCUT2D eigenvalue weighted by Crippen LogP contribution is 2.30. The Bertz CT molecular complexity index is 371. The van der Waals surface area contributed by atoms with Crippen LogP contribution in [0.1, 0.15) is 73.6 Å². The third-order valence-electron chi connectivity index (χ3n) is 3.77. The van der Waals surface area contributed by atoms with E-state index in [9.17, 15) is 0 Å². The van der Waals surface area contributed by atoms with Gasteiger partial charge in [-0.15, -0.1) is 6.58 Å². The van der Waals surface area contributed by atoms with Crippen LogP contribution in [0.4, 0.5) is 0 Å². The monoisotopic (exact) mass is 274 g/mol. The number of hydrogen-bond donors (Lipinski definition) is 0. The van der Waals surface area contributed by atoms with Crippen molar-refractivity contribution < 1.29 is 0 Å². The van der Waals surface area contributed by atoms with E-state index in [1.54, 1.807) is 0 Å². The molecule has 0 aliphatic heterocycles. The summed E-state index contributed by atoms with van der Waals surface area (Å²) >= 11 is 0. The van der Waals surface area contributed by atoms with Crippen molar-refractivity contribution in [2.75, 3.05) is 0 Å². The molecule has 0 amide bonds. The molecule has 0 aromatic heterocycles. The topological polar surface area (TPSA) is 0 Å². The van der Waals surface area contributed by atoms with Gasteiger partial charge in [-0.05, 0) is 72.1 Å². The van der Waals surface area contributed by atoms with Gasteiger partial charge in [-0.25, -0.2) is 0 Å². The molecular weight excluding hydrogens is 240 g/mol. The van der Waals surface area contributed by atoms with Gasteiger partial charge in [-0.3, -0.25) is 0 Å². The van der Waals surface area contributed by atoms with Crippen LogP contribution in [-0.4, -0.2) is 0 Å². The second kappa shape index (κ2) is 9.80. The Labute approximate surface area is 127 Å². The lowest BCUT2D eigenvalue weighted by molar-refractivity contribution is 0.400. The molecular formula is C20H34. The van der Waals surface area contributed by atoms with Crippen molar-refractivity contribution in [3.63, 3.8) is 0 Å². The first-order valence-electron chi connectivity index (χ1n) is 7.85. The van der Waals surface area contributed by atoms with Crippen molar-refractivity contribution in [2.45, 2.75) is 73.6 Å². The van der Waals surface area contributed by atoms with Crippen molar-refractivity contribution >= 4 is 0 Å². The first kappa shape index (κ1) is 19.0. The van der Waals surface area contributed by atoms with E-state index in [1.807, 2.05) is 0 Å². The third kappa shape index (κ3) is 9.83. The molecule has 0 heterocycles. The Morgan fingerprint density at radius 2 is 1.45 bits per heavy atom. The summed E-state index contributed by atoms with van der Waals surface area (Å²) in [5.74, 6) is 0. The molecule has 0 heteroatoms. The molecule has 0 fully saturated rings. The molecule has 0 N–H and O–H groups in total. The molecule has 0 saturated carbocycles. The van der Waals surface area contributed by atoms with E-state index in [1.165, 1.54) is 29.6 Å². The Morgan fingerprint density at radius 1 is 0.900 bits per heavy atom. The zero-order valence-electron chi connectivity index (χ0n) is 14.6. The molecule has 0 saturated heterocycles. The van der Waals surface area contributed by atoms with E-state index >= 15 is 0 Å². The molecule has 0 radical (unpaired) electrons. The minimum absolute atomic E-state index is 0.226. The average Bonchev–Trinajstić information content (AvgIpc) is 2.35. The summed E-state index contributed by atoms with van der Waals surface area (Å²) < 4.78 is 0. The van der Waals surface area contributed by atoms with Gasteiger partial charge < -0.3 is 0 Å². The van der Waals surface area contributed by atoms with E-state index in [2.05, 4.69) is 72.4 Å². The summed E-state index contributed by atoms with van der Waals surface area (Å²) in [6, 6.07) is 0. The number of allylic oxidation sites excluding steroid dienone is 7. The molecule has 0 rings (SSSR count). The summed E-state index contributed by atoms with van der Waals surface area (Å²) in [4.78, 5) is 0. The maximum Gasteiger partial charge on any atom is -0.0112 e. The van der Waals surface area contributed by atoms with Crippen LogP contribution in [0.2, 0.25) is 0 Å². The Morgan fingerprint density at radius 3 is 1.95 bits per heavy atom. The number of rotatable bonds is 9. The van der Waals surface area contributed by atoms with Gasteiger partial charge in [0.25, 0.3) is 0 Å². The lowest BCUT2D eigenvalue weighted by atomic mass is 9.81. The first-order valence-corrected chi connectivity index (χ1v) is 7.85. The minimum atomic E-state index is 0.226. The van der Waals surface area contributed by atoms with Crippen molar-refractivity contribution in [2.24, 2.45) is 5.41 Å². The second-order valence-corrected chi connectivity index (χ2v) is 6.75. The first-order chi connectivity index (χ1) is 9.29. The summed E-state index contributed by atoms with van der Waals surface area (Å²) in [5, 5.41) is 0. The van der Waals surface area contributed by atoms with Crippen molar-refractivity contribution in [3.8, 4) is 0 Å². The highest BCUT2D eigenvalue weighted by molar-refractivity contribution is 5.07. The highest BCUT2D eigenvalue weighted by atomic mass is 14.2. The quantitative estimate of drug-likeness (QED) is 0.397. The van der Waals surface area contributed by atoms with Crippen LogP contribution in [0.3, 0.4) is 0 Å². The van der Waals surface area contributed by atoms with Crippen LogP contribution in [0.5, 0.6) is 0 Å². The summed E-state index contributed by atoms with van der Waals surface area (Å²) in [5.41, 5.74) is 4.54. The molecule has 0 aromatic carbocycles. The van der Waals surface area contributed by atoms with Crippen LogP contribution in [-0.2, 0) is 0 Å². The van der Waals surface area contributed by atoms with E-state index in [-0.39, 0.29) is 5.41 Å². The van der Waals surface area contributed by atoms with Crippen LogP contribution in [0.25, 0.3) is 0 Å². The second-order valence-electron chi connectivity index (χ2n) is 6.75. The fraction of sp³-hybridized carbons (Fsp3) is 0.600. The van der Waals surface area contributed by atoms with Crippen LogP contribution in [0, 0.1) is 5.41 Å². The summed E-state index contributed by atoms with van der Waals surface area (Å²) in [7, 11) is 0. The van der Waals surface area contributed by atoms with Crippen LogP contribution >= 0.6 is 0 Å². The van der Waals surface area contributed by atoms with Crippen LogP contribution < -0.4 is 0 Å². The molecule has 0 nitrogen and oxygen atoms in total. The predicted molar refractivity (Wildman–Crippen MR) is 94.0 cm³/mol. The summed E-state index contributed by atoms with van der Waals surface area (Å²) in [6.45, 7) is 17.3. The SMILES string of the molecule is C=C[C@](C)(CC=C(C)CCC=C(C)C)CCC=C(C)C. The Kier molecular flexibility index (Phi) is 9.29. The number of hydrogen-bond acceptors (Lipinski definition) is 0. The van der Waals surface area contributed by atoms with E-state index in [4.69, 9.17) is 0 Å². The zero-order chi connectivity index (χ0) is 15.6. The average molecular weight is 274 g/mol. The van der Waals surface area contributed by atoms with Gasteiger partial charge in [0.05, 0.1) is 0 Å². The standard InChI is InChI=1S/C20H34/c1-8-20(7,15-10-12-18(4)5)16-14-19(6)13-9-11-17(2)3/h8,11-12,14H,1,9-10,13,15-16H2,2-7H3/t20-/m0/s1. The van der Waals surface area contributed by atoms with Gasteiger partial charge in [0, 0.05) is 0 Å². The molecule has 0 bridgehead atoms. The van der Waals surface area contributed by atoms with Crippen molar-refractivity contribution in [1.82, 2.24) is 0 Å². The fourth-order valence-corrected chi connectivity index (χ4v) is 2.08. The molecule has 1 atom stereocenters. The molecule has 0 aliphatic carbocycles. The zero-order valence-corrected chi connectivity index (χ0v) is 14.6. The van der Waals surface area contributed by atoms with Gasteiger partial charge >= 0.3 is 0 Å². The summed E-state index contributed by atoms with van der Waals surface area (Å²) in [6.07, 6.45) is 14.9. The molecule has 0 unspecified atom stereocenters. The smallest absolute Gasteiger partial charge is 0.0112 e. The van der Waals surface area contributed by atoms with Gasteiger partial charge in [-0.1, -0.05) is 47.9 Å². The maximum absolute atomic E-state index is 4.03. The lowest BCUT2D eigenvalue weighted by Gasteiger charge is -2.24. The van der Waals surface area contributed by atoms with E-state index in [0.29, 0.717) is 0 Å². The molecule has 0 aliphatic rings. The molecule has 0 spiro atoms. The van der Waals surface area contributed by atoms with Crippen molar-refractivity contribution in [1.29, 1.82) is 0 Å². The van der Waals surface area contributed by atoms with Gasteiger partial charge in [-0.2, -0.15) is 0 Å². The minimum Gasteiger partial charge on any atom is -0.103 e. The molecule has 0 aromatic rings. The Hall–Kier alpha value is -1.04. The highest BCUT2D eigenvalue weighted by Gasteiger charge is 2.17. The fourth-order valence-electron chi connectivity index (χ4n) is 2.08. The van der Waals surface area contributed by atoms with E-state index < -0.39 is 0 Å². The van der Waals surface area contributed by atoms with Gasteiger partial charge in [0.1, 0.15) is 0 Å². The molecule has 20 heavy (non-hydrogen) atoms. The largest absolute Gasteiger partial charge is 0.103 e. The normalized spacial score (nSPS) is 14.4. The van der Waals surface area contributed by atoms with Crippen molar-refractivity contribution in [3.05, 3.63) is 47.6 Å². The predicted octanol–water partition coefficient (Wildman–Crippen LogP) is 7.01. The maximum atomic E-state index is 4.03. The lowest BCUT2D eigenvalue weighted by Crippen LogP contribution is -2.11. The van der Waals surface area contributed by atoms with Gasteiger partial charge in [0.15, 0.2) is 0 Å². The van der Waals surface area contributed by atoms with Gasteiger partial charge in [0.2, 0.25) is 0 Å². The third-order valence-corrected chi connectivity index (χ3v) is 3.77. The van der Waals surface area contributed by atoms with Crippen LogP contribution in [0.15, 0.2) is 47.6 Å². The molecule has 114 valence electrons.